The highest BCUT2D eigenvalue weighted by molar-refractivity contribution is 6.31. The minimum absolute atomic E-state index is 0.322. The molecular weight excluding hydrogens is 222 g/mol. The molecule has 0 amide bonds. The van der Waals surface area contributed by atoms with Gasteiger partial charge in [0.15, 0.2) is 0 Å². The molecule has 0 heterocycles. The average molecular weight is 242 g/mol. The van der Waals surface area contributed by atoms with Gasteiger partial charge < -0.3 is 10.1 Å². The molecule has 0 aromatic heterocycles. The van der Waals surface area contributed by atoms with E-state index in [9.17, 15) is 0 Å². The van der Waals surface area contributed by atoms with Crippen molar-refractivity contribution in [1.29, 1.82) is 0 Å². The van der Waals surface area contributed by atoms with Gasteiger partial charge in [-0.3, -0.25) is 0 Å². The van der Waals surface area contributed by atoms with Crippen LogP contribution in [0.2, 0.25) is 5.02 Å². The van der Waals surface area contributed by atoms with Crippen LogP contribution >= 0.6 is 11.6 Å². The summed E-state index contributed by atoms with van der Waals surface area (Å²) >= 11 is 6.13. The summed E-state index contributed by atoms with van der Waals surface area (Å²) in [5.74, 6) is 0. The zero-order valence-electron chi connectivity index (χ0n) is 10.2. The van der Waals surface area contributed by atoms with Crippen molar-refractivity contribution in [1.82, 2.24) is 5.32 Å². The highest BCUT2D eigenvalue weighted by Crippen LogP contribution is 2.23. The topological polar surface area (TPSA) is 21.3 Å². The number of benzene rings is 1. The van der Waals surface area contributed by atoms with E-state index in [4.69, 9.17) is 16.3 Å². The predicted octanol–water partition coefficient (Wildman–Crippen LogP) is 3.34. The quantitative estimate of drug-likeness (QED) is 0.825. The van der Waals surface area contributed by atoms with Crippen LogP contribution in [0.1, 0.15) is 30.5 Å². The summed E-state index contributed by atoms with van der Waals surface area (Å²) in [5.41, 5.74) is 2.35. The van der Waals surface area contributed by atoms with Crippen molar-refractivity contribution < 1.29 is 4.74 Å². The molecule has 0 aliphatic heterocycles. The van der Waals surface area contributed by atoms with E-state index in [1.54, 1.807) is 7.11 Å². The summed E-state index contributed by atoms with van der Waals surface area (Å²) in [7, 11) is 1.73. The average Bonchev–Trinajstić information content (AvgIpc) is 2.28. The van der Waals surface area contributed by atoms with Crippen molar-refractivity contribution in [2.75, 3.05) is 20.3 Å². The molecular formula is C13H20ClNO. The summed E-state index contributed by atoms with van der Waals surface area (Å²) in [4.78, 5) is 0. The fourth-order valence-corrected chi connectivity index (χ4v) is 1.88. The Kier molecular flexibility index (Phi) is 5.81. The highest BCUT2D eigenvalue weighted by Gasteiger charge is 2.10. The van der Waals surface area contributed by atoms with Crippen LogP contribution in [-0.2, 0) is 4.74 Å². The largest absolute Gasteiger partial charge is 0.385 e. The molecule has 1 atom stereocenters. The molecule has 0 saturated carbocycles. The van der Waals surface area contributed by atoms with Crippen molar-refractivity contribution in [3.05, 3.63) is 34.3 Å². The minimum Gasteiger partial charge on any atom is -0.385 e. The molecule has 0 aliphatic carbocycles. The lowest BCUT2D eigenvalue weighted by molar-refractivity contribution is 0.183. The number of aryl methyl sites for hydroxylation is 1. The Bertz CT molecular complexity index is 328. The summed E-state index contributed by atoms with van der Waals surface area (Å²) in [6.45, 7) is 5.82. The van der Waals surface area contributed by atoms with Crippen molar-refractivity contribution in [3.63, 3.8) is 0 Å². The number of rotatable bonds is 6. The van der Waals surface area contributed by atoms with Gasteiger partial charge in [0.25, 0.3) is 0 Å². The second-order valence-electron chi connectivity index (χ2n) is 3.90. The molecule has 3 heteroatoms. The monoisotopic (exact) mass is 241 g/mol. The maximum Gasteiger partial charge on any atom is 0.0480 e. The second kappa shape index (κ2) is 6.89. The Hall–Kier alpha value is -0.570. The molecule has 1 aromatic carbocycles. The molecule has 90 valence electrons. The molecule has 0 saturated heterocycles. The Morgan fingerprint density at radius 1 is 1.44 bits per heavy atom. The third kappa shape index (κ3) is 3.78. The van der Waals surface area contributed by atoms with Gasteiger partial charge in [-0.1, -0.05) is 30.7 Å². The minimum atomic E-state index is 0.322. The highest BCUT2D eigenvalue weighted by atomic mass is 35.5. The lowest BCUT2D eigenvalue weighted by atomic mass is 10.0. The maximum absolute atomic E-state index is 6.13. The van der Waals surface area contributed by atoms with E-state index in [1.165, 1.54) is 5.56 Å². The normalized spacial score (nSPS) is 12.8. The number of hydrogen-bond acceptors (Lipinski definition) is 2. The third-order valence-electron chi connectivity index (χ3n) is 2.66. The van der Waals surface area contributed by atoms with Crippen LogP contribution in [0.3, 0.4) is 0 Å². The smallest absolute Gasteiger partial charge is 0.0480 e. The maximum atomic E-state index is 6.13. The lowest BCUT2D eigenvalue weighted by Crippen LogP contribution is -2.22. The first-order chi connectivity index (χ1) is 7.69. The van der Waals surface area contributed by atoms with Gasteiger partial charge in [-0.25, -0.2) is 0 Å². The van der Waals surface area contributed by atoms with Gasteiger partial charge in [0.05, 0.1) is 0 Å². The fourth-order valence-electron chi connectivity index (χ4n) is 1.69. The molecule has 0 spiro atoms. The van der Waals surface area contributed by atoms with Gasteiger partial charge in [-0.05, 0) is 37.1 Å². The Balaban J connectivity index is 2.78. The zero-order chi connectivity index (χ0) is 12.0. The van der Waals surface area contributed by atoms with Crippen molar-refractivity contribution in [3.8, 4) is 0 Å². The fraction of sp³-hybridized carbons (Fsp3) is 0.538. The van der Waals surface area contributed by atoms with E-state index in [0.29, 0.717) is 6.04 Å². The number of halogens is 1. The number of nitrogens with one attached hydrogen (secondary N) is 1. The van der Waals surface area contributed by atoms with Gasteiger partial charge in [0, 0.05) is 24.8 Å². The molecule has 0 radical (unpaired) electrons. The molecule has 1 aromatic rings. The van der Waals surface area contributed by atoms with Crippen molar-refractivity contribution in [2.24, 2.45) is 0 Å². The van der Waals surface area contributed by atoms with E-state index < -0.39 is 0 Å². The third-order valence-corrected chi connectivity index (χ3v) is 3.07. The first-order valence-electron chi connectivity index (χ1n) is 5.67. The Labute approximate surface area is 103 Å². The lowest BCUT2D eigenvalue weighted by Gasteiger charge is -2.18. The molecule has 16 heavy (non-hydrogen) atoms. The van der Waals surface area contributed by atoms with Crippen LogP contribution in [0, 0.1) is 6.92 Å². The first kappa shape index (κ1) is 13.5. The van der Waals surface area contributed by atoms with Crippen LogP contribution in [-0.4, -0.2) is 20.3 Å². The summed E-state index contributed by atoms with van der Waals surface area (Å²) in [6, 6.07) is 6.56. The van der Waals surface area contributed by atoms with Crippen LogP contribution in [0.25, 0.3) is 0 Å². The Morgan fingerprint density at radius 2 is 2.19 bits per heavy atom. The van der Waals surface area contributed by atoms with Gasteiger partial charge >= 0.3 is 0 Å². The van der Waals surface area contributed by atoms with E-state index in [2.05, 4.69) is 24.4 Å². The van der Waals surface area contributed by atoms with Crippen LogP contribution < -0.4 is 5.32 Å². The van der Waals surface area contributed by atoms with E-state index in [1.807, 2.05) is 13.0 Å². The van der Waals surface area contributed by atoms with E-state index in [-0.39, 0.29) is 0 Å². The van der Waals surface area contributed by atoms with Crippen molar-refractivity contribution >= 4 is 11.6 Å². The van der Waals surface area contributed by atoms with Gasteiger partial charge in [0.1, 0.15) is 0 Å². The molecule has 0 aliphatic rings. The predicted molar refractivity (Wildman–Crippen MR) is 69.1 cm³/mol. The second-order valence-corrected chi connectivity index (χ2v) is 4.31. The van der Waals surface area contributed by atoms with E-state index in [0.717, 1.165) is 30.2 Å². The van der Waals surface area contributed by atoms with Gasteiger partial charge in [-0.15, -0.1) is 0 Å². The summed E-state index contributed by atoms with van der Waals surface area (Å²) in [6.07, 6.45) is 0.962. The van der Waals surface area contributed by atoms with Crippen LogP contribution in [0.15, 0.2) is 18.2 Å². The van der Waals surface area contributed by atoms with Gasteiger partial charge in [-0.2, -0.15) is 0 Å². The zero-order valence-corrected chi connectivity index (χ0v) is 11.0. The molecule has 1 unspecified atom stereocenters. The molecule has 0 bridgehead atoms. The van der Waals surface area contributed by atoms with Crippen LogP contribution in [0.4, 0.5) is 0 Å². The number of hydrogen-bond donors (Lipinski definition) is 1. The van der Waals surface area contributed by atoms with E-state index >= 15 is 0 Å². The summed E-state index contributed by atoms with van der Waals surface area (Å²) < 4.78 is 5.12. The van der Waals surface area contributed by atoms with Gasteiger partial charge in [0.2, 0.25) is 0 Å². The molecule has 2 nitrogen and oxygen atoms in total. The molecule has 1 rings (SSSR count). The molecule has 1 N–H and O–H groups in total. The SMILES string of the molecule is CCNC(CCOC)c1ccc(C)c(Cl)c1. The number of ether oxygens (including phenoxy) is 1. The van der Waals surface area contributed by atoms with Crippen LogP contribution in [0.5, 0.6) is 0 Å². The van der Waals surface area contributed by atoms with Crippen molar-refractivity contribution in [2.45, 2.75) is 26.3 Å². The number of methoxy groups -OCH3 is 1. The first-order valence-corrected chi connectivity index (χ1v) is 6.05. The Morgan fingerprint density at radius 3 is 2.75 bits per heavy atom. The standard InChI is InChI=1S/C13H20ClNO/c1-4-15-13(7-8-16-3)11-6-5-10(2)12(14)9-11/h5-6,9,13,15H,4,7-8H2,1-3H3. The molecule has 0 fully saturated rings. The summed E-state index contributed by atoms with van der Waals surface area (Å²) in [5, 5.41) is 4.27.